The van der Waals surface area contributed by atoms with Gasteiger partial charge in [0.15, 0.2) is 0 Å². The van der Waals surface area contributed by atoms with Crippen LogP contribution in [0, 0.1) is 5.41 Å². The fraction of sp³-hybridized carbons (Fsp3) is 0.143. The van der Waals surface area contributed by atoms with Crippen LogP contribution in [-0.4, -0.2) is 41.7 Å². The second kappa shape index (κ2) is 7.11. The molecule has 1 aromatic heterocycles. The van der Waals surface area contributed by atoms with Crippen molar-refractivity contribution in [2.24, 2.45) is 0 Å². The van der Waals surface area contributed by atoms with E-state index in [0.29, 0.717) is 28.6 Å². The number of aliphatic hydroxyl groups is 1. The molecule has 0 saturated heterocycles. The number of aromatic nitrogens is 2. The molecule has 0 radical (unpaired) electrons. The Morgan fingerprint density at radius 3 is 2.39 bits per heavy atom. The van der Waals surface area contributed by atoms with Gasteiger partial charge in [-0.3, -0.25) is 5.41 Å². The number of hydrogen-bond donors (Lipinski definition) is 3. The summed E-state index contributed by atoms with van der Waals surface area (Å²) in [6, 6.07) is 15.1. The molecule has 1 aliphatic heterocycles. The van der Waals surface area contributed by atoms with Gasteiger partial charge in [0.2, 0.25) is 0 Å². The predicted molar refractivity (Wildman–Crippen MR) is 108 cm³/mol. The van der Waals surface area contributed by atoms with E-state index in [4.69, 9.17) is 14.9 Å². The van der Waals surface area contributed by atoms with Gasteiger partial charge in [-0.25, -0.2) is 4.98 Å². The lowest BCUT2D eigenvalue weighted by atomic mass is 10.2. The molecule has 28 heavy (non-hydrogen) atoms. The molecule has 7 nitrogen and oxygen atoms in total. The van der Waals surface area contributed by atoms with Crippen molar-refractivity contribution in [1.29, 1.82) is 5.41 Å². The first-order chi connectivity index (χ1) is 13.6. The lowest BCUT2D eigenvalue weighted by molar-refractivity contribution is 0.394. The maximum atomic E-state index is 10.6. The molecule has 0 unspecified atom stereocenters. The van der Waals surface area contributed by atoms with Crippen LogP contribution in [0.2, 0.25) is 0 Å². The molecule has 4 rings (SSSR count). The van der Waals surface area contributed by atoms with E-state index in [0.717, 1.165) is 11.3 Å². The van der Waals surface area contributed by atoms with Crippen molar-refractivity contribution in [3.05, 3.63) is 66.3 Å². The third-order valence-electron chi connectivity index (χ3n) is 4.65. The summed E-state index contributed by atoms with van der Waals surface area (Å²) in [5.41, 5.74) is 2.88. The lowest BCUT2D eigenvalue weighted by Gasteiger charge is -2.20. The number of nitrogens with zero attached hydrogens (tertiary/aromatic N) is 2. The Bertz CT molecular complexity index is 1030. The van der Waals surface area contributed by atoms with Crippen molar-refractivity contribution in [2.45, 2.75) is 0 Å². The van der Waals surface area contributed by atoms with Gasteiger partial charge < -0.3 is 24.5 Å². The monoisotopic (exact) mass is 376 g/mol. The highest BCUT2D eigenvalue weighted by atomic mass is 16.5. The molecule has 2 aromatic carbocycles. The Morgan fingerprint density at radius 1 is 1.07 bits per heavy atom. The highest BCUT2D eigenvalue weighted by Crippen LogP contribution is 2.34. The van der Waals surface area contributed by atoms with Crippen LogP contribution in [0.5, 0.6) is 11.5 Å². The SMILES string of the molecule is COc1cc(OC)cc(N2CC(O)=C(c3ncc(-c4ccccc4)[nH]3)C2=N)c1. The van der Waals surface area contributed by atoms with Crippen molar-refractivity contribution in [3.63, 3.8) is 0 Å². The van der Waals surface area contributed by atoms with Crippen LogP contribution >= 0.6 is 0 Å². The minimum Gasteiger partial charge on any atom is -0.509 e. The van der Waals surface area contributed by atoms with Crippen LogP contribution in [-0.2, 0) is 0 Å². The molecular formula is C21H20N4O3. The number of H-pyrrole nitrogens is 1. The minimum absolute atomic E-state index is 0.0840. The average Bonchev–Trinajstić information content (AvgIpc) is 3.32. The highest BCUT2D eigenvalue weighted by Gasteiger charge is 2.31. The molecule has 0 bridgehead atoms. The number of nitrogens with one attached hydrogen (secondary N) is 2. The Hall–Kier alpha value is -3.74. The molecule has 3 N–H and O–H groups in total. The summed E-state index contributed by atoms with van der Waals surface area (Å²) in [5.74, 6) is 1.92. The molecule has 0 aliphatic carbocycles. The zero-order valence-electron chi connectivity index (χ0n) is 15.6. The van der Waals surface area contributed by atoms with Crippen LogP contribution < -0.4 is 14.4 Å². The number of imidazole rings is 1. The van der Waals surface area contributed by atoms with Gasteiger partial charge in [-0.1, -0.05) is 30.3 Å². The van der Waals surface area contributed by atoms with Gasteiger partial charge in [-0.05, 0) is 5.56 Å². The molecule has 2 heterocycles. The number of anilines is 1. The first-order valence-electron chi connectivity index (χ1n) is 8.73. The largest absolute Gasteiger partial charge is 0.509 e. The van der Waals surface area contributed by atoms with Crippen molar-refractivity contribution >= 4 is 17.1 Å². The summed E-state index contributed by atoms with van der Waals surface area (Å²) in [7, 11) is 3.14. The number of aliphatic hydroxyl groups excluding tert-OH is 1. The standard InChI is InChI=1S/C21H20N4O3/c1-27-15-8-14(9-16(10-15)28-2)25-12-18(26)19(20(25)22)21-23-11-17(24-21)13-6-4-3-5-7-13/h3-11,22,26H,12H2,1-2H3,(H,23,24). The smallest absolute Gasteiger partial charge is 0.145 e. The van der Waals surface area contributed by atoms with E-state index in [1.54, 1.807) is 43.5 Å². The van der Waals surface area contributed by atoms with Crippen molar-refractivity contribution in [2.75, 3.05) is 25.7 Å². The van der Waals surface area contributed by atoms with E-state index in [9.17, 15) is 5.11 Å². The fourth-order valence-corrected chi connectivity index (χ4v) is 3.21. The van der Waals surface area contributed by atoms with E-state index >= 15 is 0 Å². The lowest BCUT2D eigenvalue weighted by Crippen LogP contribution is -2.26. The second-order valence-corrected chi connectivity index (χ2v) is 6.34. The number of methoxy groups -OCH3 is 2. The highest BCUT2D eigenvalue weighted by molar-refractivity contribution is 6.30. The van der Waals surface area contributed by atoms with E-state index in [1.165, 1.54) is 0 Å². The summed E-state index contributed by atoms with van der Waals surface area (Å²) >= 11 is 0. The molecule has 0 amide bonds. The van der Waals surface area contributed by atoms with E-state index in [-0.39, 0.29) is 18.1 Å². The maximum Gasteiger partial charge on any atom is 0.145 e. The molecule has 1 aliphatic rings. The number of rotatable bonds is 5. The Labute approximate surface area is 162 Å². The number of ether oxygens (including phenoxy) is 2. The third-order valence-corrected chi connectivity index (χ3v) is 4.65. The Kier molecular flexibility index (Phi) is 4.49. The number of benzene rings is 2. The summed E-state index contributed by atoms with van der Waals surface area (Å²) < 4.78 is 10.6. The van der Waals surface area contributed by atoms with Gasteiger partial charge in [0.05, 0.1) is 43.9 Å². The Morgan fingerprint density at radius 2 is 1.75 bits per heavy atom. The van der Waals surface area contributed by atoms with Crippen molar-refractivity contribution < 1.29 is 14.6 Å². The topological polar surface area (TPSA) is 94.5 Å². The minimum atomic E-state index is 0.0840. The predicted octanol–water partition coefficient (Wildman–Crippen LogP) is 3.86. The quantitative estimate of drug-likeness (QED) is 0.629. The molecule has 3 aromatic rings. The van der Waals surface area contributed by atoms with Crippen molar-refractivity contribution in [1.82, 2.24) is 9.97 Å². The van der Waals surface area contributed by atoms with Gasteiger partial charge >= 0.3 is 0 Å². The first kappa shape index (κ1) is 17.7. The van der Waals surface area contributed by atoms with Crippen LogP contribution in [0.4, 0.5) is 5.69 Å². The second-order valence-electron chi connectivity index (χ2n) is 6.34. The van der Waals surface area contributed by atoms with Crippen LogP contribution in [0.25, 0.3) is 16.8 Å². The summed E-state index contributed by atoms with van der Waals surface area (Å²) in [4.78, 5) is 9.27. The van der Waals surface area contributed by atoms with Gasteiger partial charge in [-0.2, -0.15) is 0 Å². The van der Waals surface area contributed by atoms with Crippen LogP contribution in [0.15, 0.2) is 60.5 Å². The molecule has 0 spiro atoms. The van der Waals surface area contributed by atoms with Gasteiger partial charge in [0, 0.05) is 18.2 Å². The van der Waals surface area contributed by atoms with E-state index in [2.05, 4.69) is 9.97 Å². The average molecular weight is 376 g/mol. The Balaban J connectivity index is 1.66. The fourth-order valence-electron chi connectivity index (χ4n) is 3.21. The molecule has 142 valence electrons. The molecule has 0 fully saturated rings. The van der Waals surface area contributed by atoms with Gasteiger partial charge in [0.25, 0.3) is 0 Å². The summed E-state index contributed by atoms with van der Waals surface area (Å²) in [6.07, 6.45) is 1.70. The number of amidine groups is 1. The van der Waals surface area contributed by atoms with E-state index < -0.39 is 0 Å². The molecule has 0 atom stereocenters. The maximum absolute atomic E-state index is 10.6. The first-order valence-corrected chi connectivity index (χ1v) is 8.73. The third kappa shape index (κ3) is 3.07. The zero-order chi connectivity index (χ0) is 19.7. The molecular weight excluding hydrogens is 356 g/mol. The van der Waals surface area contributed by atoms with Gasteiger partial charge in [0.1, 0.15) is 28.9 Å². The van der Waals surface area contributed by atoms with Gasteiger partial charge in [-0.15, -0.1) is 0 Å². The normalized spacial score (nSPS) is 13.9. The zero-order valence-corrected chi connectivity index (χ0v) is 15.6. The van der Waals surface area contributed by atoms with Crippen molar-refractivity contribution in [3.8, 4) is 22.8 Å². The number of hydrogen-bond acceptors (Lipinski definition) is 5. The molecule has 0 saturated carbocycles. The summed E-state index contributed by atoms with van der Waals surface area (Å²) in [5, 5.41) is 19.2. The van der Waals surface area contributed by atoms with E-state index in [1.807, 2.05) is 30.3 Å². The molecule has 7 heteroatoms. The van der Waals surface area contributed by atoms with Crippen LogP contribution in [0.3, 0.4) is 0 Å². The summed E-state index contributed by atoms with van der Waals surface area (Å²) in [6.45, 7) is 0.172. The van der Waals surface area contributed by atoms with Crippen LogP contribution in [0.1, 0.15) is 5.82 Å². The number of aromatic amines is 1.